The fourth-order valence-corrected chi connectivity index (χ4v) is 4.15. The van der Waals surface area contributed by atoms with Crippen molar-refractivity contribution in [2.45, 2.75) is 6.42 Å². The zero-order valence-electron chi connectivity index (χ0n) is 20.3. The van der Waals surface area contributed by atoms with Gasteiger partial charge in [-0.1, -0.05) is 18.2 Å². The Bertz CT molecular complexity index is 1630. The number of aromatic amines is 1. The van der Waals surface area contributed by atoms with Crippen LogP contribution in [0.5, 0.6) is 17.5 Å². The summed E-state index contributed by atoms with van der Waals surface area (Å²) in [5.41, 5.74) is 3.06. The van der Waals surface area contributed by atoms with Gasteiger partial charge in [0.25, 0.3) is 0 Å². The lowest BCUT2D eigenvalue weighted by Crippen LogP contribution is -2.16. The van der Waals surface area contributed by atoms with Crippen molar-refractivity contribution >= 4 is 29.8 Å². The van der Waals surface area contributed by atoms with Gasteiger partial charge < -0.3 is 25.5 Å². The fraction of sp³-hybridized carbons (Fsp3) is 0.0741. The van der Waals surface area contributed by atoms with Gasteiger partial charge in [0.1, 0.15) is 5.75 Å². The molecular weight excluding hydrogens is 502 g/mol. The van der Waals surface area contributed by atoms with Crippen LogP contribution in [0.25, 0.3) is 16.9 Å². The molecular formula is C27H23N7O3S. The second-order valence-corrected chi connectivity index (χ2v) is 8.51. The summed E-state index contributed by atoms with van der Waals surface area (Å²) in [6.45, 7) is 0. The third-order valence-electron chi connectivity index (χ3n) is 5.59. The van der Waals surface area contributed by atoms with Gasteiger partial charge in [0.15, 0.2) is 4.77 Å². The molecule has 0 aliphatic rings. The number of ether oxygens (including phenoxy) is 1. The first-order valence-electron chi connectivity index (χ1n) is 11.6. The smallest absolute Gasteiger partial charge is 0.230 e. The number of carbonyl (C=O) groups excluding carboxylic acids is 1. The number of imidazole rings is 1. The zero-order chi connectivity index (χ0) is 26.5. The molecule has 38 heavy (non-hydrogen) atoms. The highest BCUT2D eigenvalue weighted by molar-refractivity contribution is 7.71. The van der Waals surface area contributed by atoms with Crippen LogP contribution in [-0.2, 0) is 11.2 Å². The van der Waals surface area contributed by atoms with Crippen molar-refractivity contribution in [1.82, 2.24) is 24.5 Å². The van der Waals surface area contributed by atoms with Crippen molar-refractivity contribution < 1.29 is 14.6 Å². The van der Waals surface area contributed by atoms with Crippen LogP contribution < -0.4 is 15.4 Å². The highest BCUT2D eigenvalue weighted by atomic mass is 32.1. The number of amides is 1. The predicted octanol–water partition coefficient (Wildman–Crippen LogP) is 5.11. The number of benzene rings is 2. The molecule has 0 bridgehead atoms. The molecule has 5 rings (SSSR count). The summed E-state index contributed by atoms with van der Waals surface area (Å²) in [6, 6.07) is 21.6. The number of nitrogens with zero attached hydrogens (tertiary/aromatic N) is 4. The van der Waals surface area contributed by atoms with E-state index in [1.807, 2.05) is 36.4 Å². The molecule has 0 saturated heterocycles. The van der Waals surface area contributed by atoms with E-state index in [9.17, 15) is 9.90 Å². The molecule has 0 fully saturated rings. The average molecular weight is 526 g/mol. The monoisotopic (exact) mass is 525 g/mol. The van der Waals surface area contributed by atoms with Crippen LogP contribution in [0, 0.1) is 4.77 Å². The van der Waals surface area contributed by atoms with Crippen molar-refractivity contribution in [3.63, 3.8) is 0 Å². The number of rotatable bonds is 8. The van der Waals surface area contributed by atoms with Gasteiger partial charge >= 0.3 is 0 Å². The highest BCUT2D eigenvalue weighted by Gasteiger charge is 2.17. The molecule has 2 aromatic carbocycles. The Morgan fingerprint density at radius 1 is 1.03 bits per heavy atom. The Labute approximate surface area is 223 Å². The Hall–Kier alpha value is -5.03. The standard InChI is InChI=1S/C27H23N7O3S/c1-28-26-30-15-13-21(32-26)20-8-5-14-29-25(20)37-19-11-9-17(10-12-19)31-23(35)16-22-24(36)33-27(38)34(22)18-6-3-2-4-7-18/h2-15,36H,16H2,1H3,(H,31,35)(H,33,38)(H,28,30,32). The summed E-state index contributed by atoms with van der Waals surface area (Å²) in [4.78, 5) is 28.5. The van der Waals surface area contributed by atoms with Gasteiger partial charge in [0.05, 0.1) is 23.4 Å². The van der Waals surface area contributed by atoms with Gasteiger partial charge in [-0.05, 0) is 66.8 Å². The molecule has 0 unspecified atom stereocenters. The molecule has 1 amide bonds. The molecule has 190 valence electrons. The van der Waals surface area contributed by atoms with Crippen molar-refractivity contribution in [2.24, 2.45) is 0 Å². The summed E-state index contributed by atoms with van der Waals surface area (Å²) in [7, 11) is 1.75. The molecule has 0 saturated carbocycles. The third kappa shape index (κ3) is 5.37. The number of aromatic hydroxyl groups is 1. The molecule has 11 heteroatoms. The maximum Gasteiger partial charge on any atom is 0.230 e. The summed E-state index contributed by atoms with van der Waals surface area (Å²) in [6.07, 6.45) is 3.21. The van der Waals surface area contributed by atoms with Crippen molar-refractivity contribution in [3.8, 4) is 34.5 Å². The van der Waals surface area contributed by atoms with Crippen molar-refractivity contribution in [2.75, 3.05) is 17.7 Å². The van der Waals surface area contributed by atoms with E-state index in [1.165, 1.54) is 0 Å². The number of anilines is 2. The van der Waals surface area contributed by atoms with Gasteiger partial charge in [-0.25, -0.2) is 15.0 Å². The second-order valence-electron chi connectivity index (χ2n) is 8.12. The topological polar surface area (TPSA) is 130 Å². The van der Waals surface area contributed by atoms with E-state index in [4.69, 9.17) is 17.0 Å². The lowest BCUT2D eigenvalue weighted by Gasteiger charge is -2.11. The summed E-state index contributed by atoms with van der Waals surface area (Å²) >= 11 is 5.33. The van der Waals surface area contributed by atoms with Gasteiger partial charge in [-0.2, -0.15) is 0 Å². The minimum absolute atomic E-state index is 0.0864. The van der Waals surface area contributed by atoms with Crippen LogP contribution in [0.15, 0.2) is 85.2 Å². The number of nitrogens with one attached hydrogen (secondary N) is 3. The van der Waals surface area contributed by atoms with Crippen molar-refractivity contribution in [1.29, 1.82) is 0 Å². The zero-order valence-corrected chi connectivity index (χ0v) is 21.1. The molecule has 3 aromatic heterocycles. The molecule has 3 heterocycles. The first-order valence-corrected chi connectivity index (χ1v) is 12.0. The quantitative estimate of drug-likeness (QED) is 0.206. The molecule has 0 aliphatic carbocycles. The maximum absolute atomic E-state index is 12.8. The van der Waals surface area contributed by atoms with Crippen LogP contribution in [0.3, 0.4) is 0 Å². The lowest BCUT2D eigenvalue weighted by atomic mass is 10.2. The summed E-state index contributed by atoms with van der Waals surface area (Å²) in [5, 5.41) is 16.1. The van der Waals surface area contributed by atoms with E-state index in [0.29, 0.717) is 45.0 Å². The molecule has 0 spiro atoms. The third-order valence-corrected chi connectivity index (χ3v) is 5.88. The maximum atomic E-state index is 12.8. The van der Waals surface area contributed by atoms with Gasteiger partial charge in [-0.3, -0.25) is 9.36 Å². The van der Waals surface area contributed by atoms with Gasteiger partial charge in [-0.15, -0.1) is 0 Å². The number of carbonyl (C=O) groups is 1. The normalized spacial score (nSPS) is 10.7. The minimum atomic E-state index is -0.316. The fourth-order valence-electron chi connectivity index (χ4n) is 3.84. The minimum Gasteiger partial charge on any atom is -0.493 e. The summed E-state index contributed by atoms with van der Waals surface area (Å²) in [5.74, 6) is 0.951. The van der Waals surface area contributed by atoms with Gasteiger partial charge in [0, 0.05) is 30.8 Å². The number of para-hydroxylation sites is 1. The number of H-pyrrole nitrogens is 1. The number of pyridine rings is 1. The Morgan fingerprint density at radius 2 is 1.82 bits per heavy atom. The van der Waals surface area contributed by atoms with E-state index in [1.54, 1.807) is 60.4 Å². The number of hydrogen-bond acceptors (Lipinski definition) is 8. The van der Waals surface area contributed by atoms with Crippen LogP contribution in [0.1, 0.15) is 5.69 Å². The molecule has 0 aliphatic heterocycles. The number of hydrogen-bond donors (Lipinski definition) is 4. The van der Waals surface area contributed by atoms with Crippen LogP contribution >= 0.6 is 12.2 Å². The Morgan fingerprint density at radius 3 is 2.58 bits per heavy atom. The van der Waals surface area contributed by atoms with Gasteiger partial charge in [0.2, 0.25) is 23.6 Å². The Kier molecular flexibility index (Phi) is 7.09. The molecule has 5 aromatic rings. The second kappa shape index (κ2) is 10.9. The molecule has 4 N–H and O–H groups in total. The van der Waals surface area contributed by atoms with Crippen LogP contribution in [-0.4, -0.2) is 42.6 Å². The van der Waals surface area contributed by atoms with E-state index in [-0.39, 0.29) is 18.2 Å². The molecule has 10 nitrogen and oxygen atoms in total. The molecule has 0 radical (unpaired) electrons. The first-order chi connectivity index (χ1) is 18.5. The predicted molar refractivity (Wildman–Crippen MR) is 146 cm³/mol. The SMILES string of the molecule is CNc1nccc(-c2cccnc2Oc2ccc(NC(=O)Cc3c(O)[nH]c(=S)n3-c3ccccc3)cc2)n1. The lowest BCUT2D eigenvalue weighted by molar-refractivity contribution is -0.115. The van der Waals surface area contributed by atoms with E-state index in [2.05, 4.69) is 30.6 Å². The first kappa shape index (κ1) is 24.7. The number of aromatic nitrogens is 5. The van der Waals surface area contributed by atoms with E-state index >= 15 is 0 Å². The summed E-state index contributed by atoms with van der Waals surface area (Å²) < 4.78 is 7.96. The average Bonchev–Trinajstić information content (AvgIpc) is 3.22. The Balaban J connectivity index is 1.29. The van der Waals surface area contributed by atoms with Crippen LogP contribution in [0.2, 0.25) is 0 Å². The molecule has 0 atom stereocenters. The van der Waals surface area contributed by atoms with E-state index < -0.39 is 0 Å². The van der Waals surface area contributed by atoms with E-state index in [0.717, 1.165) is 5.69 Å². The van der Waals surface area contributed by atoms with Crippen molar-refractivity contribution in [3.05, 3.63) is 95.7 Å². The van der Waals surface area contributed by atoms with Crippen LogP contribution in [0.4, 0.5) is 11.6 Å². The largest absolute Gasteiger partial charge is 0.493 e. The highest BCUT2D eigenvalue weighted by Crippen LogP contribution is 2.31.